The van der Waals surface area contributed by atoms with Crippen LogP contribution in [0.5, 0.6) is 0 Å². The van der Waals surface area contributed by atoms with Gasteiger partial charge in [-0.25, -0.2) is 19.3 Å². The Morgan fingerprint density at radius 3 is 2.14 bits per heavy atom. The first kappa shape index (κ1) is 37.8. The SMILES string of the molecule is CNc1ccccc1C(=O)O[C@@H]1[C@@H]2OP(=O)([O-])OC[C@H]3O[C@@H](n4cnc5c(=O)[nH]c(N)nc54)[C@H](O)[C@@H]3OP(=O)(O)OC[C@H]2O[C@H]1n1cnc2c(=O)[nH]c(N)nc21. The molecule has 298 valence electrons. The van der Waals surface area contributed by atoms with Crippen molar-refractivity contribution in [2.45, 2.75) is 49.1 Å². The molecule has 7 heterocycles. The van der Waals surface area contributed by atoms with Crippen LogP contribution in [0.3, 0.4) is 0 Å². The lowest BCUT2D eigenvalue weighted by Gasteiger charge is -2.33. The van der Waals surface area contributed by atoms with Gasteiger partial charge in [-0.15, -0.1) is 0 Å². The normalized spacial score (nSPS) is 32.4. The topological polar surface area (TPSA) is 371 Å². The fraction of sp³-hybridized carbons (Fsp3) is 0.393. The third-order valence-electron chi connectivity index (χ3n) is 9.01. The lowest BCUT2D eigenvalue weighted by Crippen LogP contribution is -2.41. The minimum atomic E-state index is -5.52. The molecule has 0 radical (unpaired) electrons. The minimum absolute atomic E-state index is 0.0106. The number of aliphatic hydroxyl groups is 1. The standard InChI is InChI=1S/C28H31N11O15P2/c1-31-11-5-3-2-4-10(11)26(43)52-19-18-13(51-25(19)39-9-33-15-21(39)35-28(30)37-23(15)42)7-49-55(44,45)53-17-12(6-48-56(46,47)54-18)50-24(16(17)40)38-8-32-14-20(38)34-27(29)36-22(14)41/h2-5,8-9,12-13,16-19,24-25,31,40H,6-7H2,1H3,(H,44,45)(H,46,47)(H3,29,34,36,41)(H3,30,35,37,42)/p-1/t12-,13-,16-,17-,18-,19-,24-,25-/m1/s1. The number of nitrogens with zero attached hydrogens (tertiary/aromatic N) is 6. The molecule has 0 spiro atoms. The van der Waals surface area contributed by atoms with Crippen molar-refractivity contribution in [2.24, 2.45) is 0 Å². The number of aliphatic hydroxyl groups excluding tert-OH is 1. The number of hydrogen-bond donors (Lipinski definition) is 7. The van der Waals surface area contributed by atoms with Gasteiger partial charge in [0.25, 0.3) is 18.9 Å². The predicted molar refractivity (Wildman–Crippen MR) is 183 cm³/mol. The monoisotopic (exact) mass is 822 g/mol. The second kappa shape index (κ2) is 14.1. The summed E-state index contributed by atoms with van der Waals surface area (Å²) < 4.78 is 68.3. The van der Waals surface area contributed by atoms with Crippen molar-refractivity contribution < 1.29 is 61.1 Å². The molecule has 3 fully saturated rings. The minimum Gasteiger partial charge on any atom is -0.756 e. The summed E-state index contributed by atoms with van der Waals surface area (Å²) in [6.45, 7) is -1.95. The van der Waals surface area contributed by atoms with E-state index in [9.17, 15) is 38.4 Å². The number of nitrogens with two attached hydrogens (primary N) is 2. The molecule has 9 N–H and O–H groups in total. The van der Waals surface area contributed by atoms with E-state index >= 15 is 0 Å². The quantitative estimate of drug-likeness (QED) is 0.0761. The Kier molecular flexibility index (Phi) is 9.53. The van der Waals surface area contributed by atoms with Gasteiger partial charge >= 0.3 is 13.8 Å². The Morgan fingerprint density at radius 2 is 1.50 bits per heavy atom. The highest BCUT2D eigenvalue weighted by Crippen LogP contribution is 2.53. The van der Waals surface area contributed by atoms with Gasteiger partial charge in [0, 0.05) is 12.7 Å². The highest BCUT2D eigenvalue weighted by atomic mass is 31.2. The average molecular weight is 823 g/mol. The van der Waals surface area contributed by atoms with Gasteiger partial charge in [-0.1, -0.05) is 12.1 Å². The van der Waals surface area contributed by atoms with Crippen molar-refractivity contribution in [3.63, 3.8) is 0 Å². The molecule has 3 aliphatic heterocycles. The summed E-state index contributed by atoms with van der Waals surface area (Å²) in [7, 11) is -9.21. The predicted octanol–water partition coefficient (Wildman–Crippen LogP) is -1.77. The van der Waals surface area contributed by atoms with Crippen LogP contribution in [0.25, 0.3) is 22.3 Å². The van der Waals surface area contributed by atoms with Crippen molar-refractivity contribution in [1.29, 1.82) is 0 Å². The van der Waals surface area contributed by atoms with E-state index in [2.05, 4.69) is 35.2 Å². The van der Waals surface area contributed by atoms with Crippen molar-refractivity contribution >= 4 is 61.5 Å². The summed E-state index contributed by atoms with van der Waals surface area (Å²) in [5.41, 5.74) is 9.59. The maximum Gasteiger partial charge on any atom is 0.472 e. The molecule has 4 aromatic heterocycles. The molecule has 3 aliphatic rings. The number of H-pyrrole nitrogens is 2. The summed E-state index contributed by atoms with van der Waals surface area (Å²) in [4.78, 5) is 83.8. The Hall–Kier alpha value is -5.11. The number of hydrogen-bond acceptors (Lipinski definition) is 21. The molecule has 0 bridgehead atoms. The van der Waals surface area contributed by atoms with Gasteiger partial charge in [-0.05, 0) is 12.1 Å². The molecule has 1 aromatic carbocycles. The number of imidazole rings is 2. The van der Waals surface area contributed by atoms with E-state index in [4.69, 9.17) is 43.8 Å². The first-order chi connectivity index (χ1) is 26.6. The zero-order valence-corrected chi connectivity index (χ0v) is 30.2. The molecule has 8 rings (SSSR count). The van der Waals surface area contributed by atoms with Gasteiger partial charge in [-0.2, -0.15) is 9.97 Å². The van der Waals surface area contributed by atoms with Crippen LogP contribution in [0.2, 0.25) is 0 Å². The summed E-state index contributed by atoms with van der Waals surface area (Å²) in [5.74, 6) is -1.63. The van der Waals surface area contributed by atoms with Crippen LogP contribution >= 0.6 is 15.6 Å². The van der Waals surface area contributed by atoms with Crippen molar-refractivity contribution in [1.82, 2.24) is 39.0 Å². The number of aromatic amines is 2. The molecular weight excluding hydrogens is 792 g/mol. The number of nitrogens with one attached hydrogen (secondary N) is 3. The Bertz CT molecular complexity index is 2560. The molecule has 0 amide bonds. The van der Waals surface area contributed by atoms with E-state index in [1.54, 1.807) is 25.2 Å². The molecule has 5 aromatic rings. The van der Waals surface area contributed by atoms with E-state index in [1.165, 1.54) is 6.07 Å². The number of nitrogen functional groups attached to an aromatic ring is 2. The number of phosphoric ester groups is 2. The second-order valence-corrected chi connectivity index (χ2v) is 15.3. The zero-order chi connectivity index (χ0) is 39.7. The van der Waals surface area contributed by atoms with Crippen molar-refractivity contribution in [3.8, 4) is 0 Å². The van der Waals surface area contributed by atoms with Crippen LogP contribution in [0.4, 0.5) is 17.6 Å². The van der Waals surface area contributed by atoms with Gasteiger partial charge in [-0.3, -0.25) is 42.3 Å². The molecule has 26 nitrogen and oxygen atoms in total. The van der Waals surface area contributed by atoms with Crippen LogP contribution in [0.1, 0.15) is 22.8 Å². The van der Waals surface area contributed by atoms with Gasteiger partial charge in [0.05, 0.1) is 31.4 Å². The number of benzene rings is 1. The number of anilines is 3. The van der Waals surface area contributed by atoms with Gasteiger partial charge in [0.1, 0.15) is 30.5 Å². The molecule has 28 heteroatoms. The number of fused-ring (bicyclic) bond motifs is 4. The van der Waals surface area contributed by atoms with Crippen LogP contribution in [-0.4, -0.2) is 112 Å². The lowest BCUT2D eigenvalue weighted by atomic mass is 10.1. The fourth-order valence-electron chi connectivity index (χ4n) is 6.55. The summed E-state index contributed by atoms with van der Waals surface area (Å²) in [5, 5.41) is 14.1. The zero-order valence-electron chi connectivity index (χ0n) is 28.4. The Labute approximate surface area is 310 Å². The van der Waals surface area contributed by atoms with Crippen LogP contribution < -0.4 is 32.8 Å². The largest absolute Gasteiger partial charge is 0.756 e. The third-order valence-corrected chi connectivity index (χ3v) is 11.0. The van der Waals surface area contributed by atoms with E-state index < -0.39 is 95.0 Å². The van der Waals surface area contributed by atoms with Crippen LogP contribution in [0.15, 0.2) is 46.5 Å². The first-order valence-electron chi connectivity index (χ1n) is 16.3. The molecule has 10 atom stereocenters. The number of carbonyl (C=O) groups is 1. The molecular formula is C28H30N11O15P2-. The molecule has 2 unspecified atom stereocenters. The average Bonchev–Trinajstić information content (AvgIpc) is 3.90. The maximum absolute atomic E-state index is 13.7. The third kappa shape index (κ3) is 6.86. The van der Waals surface area contributed by atoms with E-state index in [-0.39, 0.29) is 39.8 Å². The van der Waals surface area contributed by atoms with E-state index in [1.807, 2.05) is 0 Å². The van der Waals surface area contributed by atoms with Gasteiger partial charge in [0.15, 0.2) is 40.9 Å². The summed E-state index contributed by atoms with van der Waals surface area (Å²) in [6.07, 6.45) is -11.6. The fourth-order valence-corrected chi connectivity index (χ4v) is 8.46. The van der Waals surface area contributed by atoms with E-state index in [0.717, 1.165) is 21.8 Å². The summed E-state index contributed by atoms with van der Waals surface area (Å²) >= 11 is 0. The van der Waals surface area contributed by atoms with Crippen LogP contribution in [0, 0.1) is 0 Å². The first-order valence-corrected chi connectivity index (χ1v) is 19.3. The lowest BCUT2D eigenvalue weighted by molar-refractivity contribution is -0.236. The van der Waals surface area contributed by atoms with Gasteiger partial charge < -0.3 is 54.9 Å². The van der Waals surface area contributed by atoms with Crippen molar-refractivity contribution in [2.75, 3.05) is 37.0 Å². The Balaban J connectivity index is 1.14. The Morgan fingerprint density at radius 1 is 0.929 bits per heavy atom. The molecule has 56 heavy (non-hydrogen) atoms. The smallest absolute Gasteiger partial charge is 0.472 e. The highest BCUT2D eigenvalue weighted by molar-refractivity contribution is 7.47. The number of para-hydroxylation sites is 1. The number of phosphoric acid groups is 2. The van der Waals surface area contributed by atoms with Gasteiger partial charge in [0.2, 0.25) is 11.9 Å². The van der Waals surface area contributed by atoms with E-state index in [0.29, 0.717) is 5.69 Å². The molecule has 3 saturated heterocycles. The summed E-state index contributed by atoms with van der Waals surface area (Å²) in [6, 6.07) is 6.19. The highest BCUT2D eigenvalue weighted by Gasteiger charge is 2.54. The van der Waals surface area contributed by atoms with Crippen molar-refractivity contribution in [3.05, 3.63) is 63.2 Å². The number of carbonyl (C=O) groups excluding carboxylic acids is 1. The maximum atomic E-state index is 13.7. The molecule has 0 saturated carbocycles. The number of esters is 1. The second-order valence-electron chi connectivity index (χ2n) is 12.5. The number of ether oxygens (including phenoxy) is 3. The number of aromatic nitrogens is 8. The van der Waals surface area contributed by atoms with Crippen LogP contribution in [-0.2, 0) is 41.4 Å². The number of rotatable bonds is 5. The molecule has 0 aliphatic carbocycles.